The van der Waals surface area contributed by atoms with E-state index < -0.39 is 15.3 Å². The summed E-state index contributed by atoms with van der Waals surface area (Å²) in [6, 6.07) is 4.29. The van der Waals surface area contributed by atoms with Crippen molar-refractivity contribution in [2.24, 2.45) is 0 Å². The lowest BCUT2D eigenvalue weighted by atomic mass is 9.93. The van der Waals surface area contributed by atoms with Crippen LogP contribution in [-0.4, -0.2) is 48.3 Å². The van der Waals surface area contributed by atoms with Crippen LogP contribution in [0.2, 0.25) is 0 Å². The maximum absolute atomic E-state index is 13.7. The van der Waals surface area contributed by atoms with Gasteiger partial charge in [0, 0.05) is 29.7 Å². The molecule has 1 aliphatic carbocycles. The Bertz CT molecular complexity index is 946. The molecule has 0 spiro atoms. The first-order chi connectivity index (χ1) is 11.9. The number of benzene rings is 1. The summed E-state index contributed by atoms with van der Waals surface area (Å²) >= 11 is 0. The van der Waals surface area contributed by atoms with Crippen molar-refractivity contribution in [2.75, 3.05) is 18.1 Å². The van der Waals surface area contributed by atoms with Gasteiger partial charge in [-0.05, 0) is 49.9 Å². The second-order valence-electron chi connectivity index (χ2n) is 7.12. The van der Waals surface area contributed by atoms with Crippen LogP contribution in [0.3, 0.4) is 0 Å². The van der Waals surface area contributed by atoms with Gasteiger partial charge >= 0.3 is 0 Å². The number of hydrogen-bond acceptors (Lipinski definition) is 3. The molecule has 1 aromatic carbocycles. The molecule has 2 fully saturated rings. The third kappa shape index (κ3) is 2.65. The summed E-state index contributed by atoms with van der Waals surface area (Å²) in [6.07, 6.45) is 3.73. The largest absolute Gasteiger partial charge is 0.361 e. The van der Waals surface area contributed by atoms with Crippen LogP contribution in [-0.2, 0) is 20.0 Å². The number of fused-ring (bicyclic) bond motifs is 1. The summed E-state index contributed by atoms with van der Waals surface area (Å²) in [5.41, 5.74) is 0.988. The van der Waals surface area contributed by atoms with Crippen LogP contribution in [0.4, 0.5) is 4.39 Å². The average Bonchev–Trinajstić information content (AvgIpc) is 3.14. The molecule has 4 rings (SSSR count). The van der Waals surface area contributed by atoms with Crippen molar-refractivity contribution in [3.05, 3.63) is 35.8 Å². The van der Waals surface area contributed by atoms with E-state index in [1.54, 1.807) is 17.2 Å². The van der Waals surface area contributed by atoms with E-state index in [0.29, 0.717) is 25.8 Å². The molecule has 5 nitrogen and oxygen atoms in total. The van der Waals surface area contributed by atoms with E-state index in [1.807, 2.05) is 6.92 Å². The van der Waals surface area contributed by atoms with Crippen molar-refractivity contribution >= 4 is 26.6 Å². The predicted octanol–water partition coefficient (Wildman–Crippen LogP) is 2.37. The van der Waals surface area contributed by atoms with E-state index >= 15 is 0 Å². The highest BCUT2D eigenvalue weighted by Crippen LogP contribution is 2.52. The molecule has 1 N–H and O–H groups in total. The highest BCUT2D eigenvalue weighted by molar-refractivity contribution is 7.91. The van der Waals surface area contributed by atoms with Crippen LogP contribution in [0.15, 0.2) is 24.4 Å². The number of halogens is 1. The zero-order valence-corrected chi connectivity index (χ0v) is 14.9. The summed E-state index contributed by atoms with van der Waals surface area (Å²) in [4.78, 5) is 18.1. The maximum Gasteiger partial charge on any atom is 0.233 e. The minimum atomic E-state index is -3.05. The van der Waals surface area contributed by atoms with Gasteiger partial charge in [-0.25, -0.2) is 12.8 Å². The van der Waals surface area contributed by atoms with Crippen molar-refractivity contribution in [1.82, 2.24) is 9.88 Å². The van der Waals surface area contributed by atoms with Gasteiger partial charge < -0.3 is 9.88 Å². The Balaban J connectivity index is 1.69. The van der Waals surface area contributed by atoms with Crippen molar-refractivity contribution in [3.63, 3.8) is 0 Å². The summed E-state index contributed by atoms with van der Waals surface area (Å²) in [6.45, 7) is 2.37. The van der Waals surface area contributed by atoms with Crippen molar-refractivity contribution in [3.8, 4) is 0 Å². The van der Waals surface area contributed by atoms with Crippen LogP contribution in [0.1, 0.15) is 31.7 Å². The van der Waals surface area contributed by atoms with Gasteiger partial charge in [0.2, 0.25) is 5.91 Å². The Morgan fingerprint density at radius 2 is 2.16 bits per heavy atom. The number of nitrogens with zero attached hydrogens (tertiary/aromatic N) is 1. The van der Waals surface area contributed by atoms with Gasteiger partial charge in [-0.2, -0.15) is 0 Å². The lowest BCUT2D eigenvalue weighted by Crippen LogP contribution is -2.46. The molecular formula is C18H21FN2O3S. The number of nitrogens with one attached hydrogen (secondary N) is 1. The molecule has 2 aliphatic rings. The zero-order valence-electron chi connectivity index (χ0n) is 14.1. The molecule has 2 aromatic rings. The molecule has 25 heavy (non-hydrogen) atoms. The SMILES string of the molecule is CCN(C(=O)C1(c2c[nH]c3ccc(F)cc23)CC1)C1CCS(=O)(=O)C1. The third-order valence-electron chi connectivity index (χ3n) is 5.57. The lowest BCUT2D eigenvalue weighted by molar-refractivity contribution is -0.135. The van der Waals surface area contributed by atoms with Gasteiger partial charge in [0.25, 0.3) is 0 Å². The molecule has 1 aliphatic heterocycles. The highest BCUT2D eigenvalue weighted by Gasteiger charge is 2.55. The number of aromatic nitrogens is 1. The van der Waals surface area contributed by atoms with Crippen molar-refractivity contribution < 1.29 is 17.6 Å². The first kappa shape index (κ1) is 16.6. The Kier molecular flexibility index (Phi) is 3.68. The van der Waals surface area contributed by atoms with Gasteiger partial charge in [-0.3, -0.25) is 4.79 Å². The summed E-state index contributed by atoms with van der Waals surface area (Å²) in [5.74, 6) is -0.161. The number of hydrogen-bond donors (Lipinski definition) is 1. The molecule has 0 bridgehead atoms. The Hall–Kier alpha value is -1.89. The number of likely N-dealkylation sites (N-methyl/N-ethyl adjacent to an activating group) is 1. The topological polar surface area (TPSA) is 70.2 Å². The number of carbonyl (C=O) groups excluding carboxylic acids is 1. The quantitative estimate of drug-likeness (QED) is 0.905. The Morgan fingerprint density at radius 3 is 2.76 bits per heavy atom. The van der Waals surface area contributed by atoms with Crippen LogP contribution in [0.5, 0.6) is 0 Å². The lowest BCUT2D eigenvalue weighted by Gasteiger charge is -2.31. The minimum Gasteiger partial charge on any atom is -0.361 e. The summed E-state index contributed by atoms with van der Waals surface area (Å²) < 4.78 is 37.3. The number of H-pyrrole nitrogens is 1. The third-order valence-corrected chi connectivity index (χ3v) is 7.32. The van der Waals surface area contributed by atoms with E-state index in [2.05, 4.69) is 4.98 Å². The molecule has 1 unspecified atom stereocenters. The molecule has 1 aromatic heterocycles. The number of sulfone groups is 1. The Labute approximate surface area is 146 Å². The molecule has 1 saturated carbocycles. The highest BCUT2D eigenvalue weighted by atomic mass is 32.2. The molecule has 1 amide bonds. The Morgan fingerprint density at radius 1 is 1.40 bits per heavy atom. The molecule has 1 saturated heterocycles. The maximum atomic E-state index is 13.7. The fourth-order valence-electron chi connectivity index (χ4n) is 4.08. The molecule has 0 radical (unpaired) electrons. The second kappa shape index (κ2) is 5.56. The zero-order chi connectivity index (χ0) is 17.8. The van der Waals surface area contributed by atoms with Gasteiger partial charge in [-0.15, -0.1) is 0 Å². The molecule has 1 atom stereocenters. The summed E-state index contributed by atoms with van der Waals surface area (Å²) in [5, 5.41) is 0.737. The van der Waals surface area contributed by atoms with Crippen LogP contribution in [0, 0.1) is 5.82 Å². The van der Waals surface area contributed by atoms with Crippen molar-refractivity contribution in [1.29, 1.82) is 0 Å². The van der Waals surface area contributed by atoms with E-state index in [4.69, 9.17) is 0 Å². The molecule has 7 heteroatoms. The predicted molar refractivity (Wildman–Crippen MR) is 93.6 cm³/mol. The average molecular weight is 364 g/mol. The second-order valence-corrected chi connectivity index (χ2v) is 9.35. The fourth-order valence-corrected chi connectivity index (χ4v) is 5.81. The van der Waals surface area contributed by atoms with E-state index in [9.17, 15) is 17.6 Å². The van der Waals surface area contributed by atoms with E-state index in [1.165, 1.54) is 12.1 Å². The van der Waals surface area contributed by atoms with Gasteiger partial charge in [0.15, 0.2) is 9.84 Å². The molecular weight excluding hydrogens is 343 g/mol. The fraction of sp³-hybridized carbons (Fsp3) is 0.500. The smallest absolute Gasteiger partial charge is 0.233 e. The standard InChI is InChI=1S/C18H21FN2O3S/c1-2-21(13-5-8-25(23,24)11-13)17(22)18(6-7-18)15-10-20-16-4-3-12(19)9-14(15)16/h3-4,9-10,13,20H,2,5-8,11H2,1H3. The molecule has 2 heterocycles. The number of rotatable bonds is 4. The van der Waals surface area contributed by atoms with Crippen LogP contribution < -0.4 is 0 Å². The minimum absolute atomic E-state index is 0.0257. The van der Waals surface area contributed by atoms with Crippen molar-refractivity contribution in [2.45, 2.75) is 37.6 Å². The van der Waals surface area contributed by atoms with E-state index in [-0.39, 0.29) is 29.3 Å². The summed E-state index contributed by atoms with van der Waals surface area (Å²) in [7, 11) is -3.05. The van der Waals surface area contributed by atoms with E-state index in [0.717, 1.165) is 16.5 Å². The monoisotopic (exact) mass is 364 g/mol. The first-order valence-corrected chi connectivity index (χ1v) is 10.5. The van der Waals surface area contributed by atoms with Gasteiger partial charge in [0.05, 0.1) is 16.9 Å². The van der Waals surface area contributed by atoms with Crippen LogP contribution in [0.25, 0.3) is 10.9 Å². The number of carbonyl (C=O) groups is 1. The van der Waals surface area contributed by atoms with Crippen LogP contribution >= 0.6 is 0 Å². The molecule has 134 valence electrons. The van der Waals surface area contributed by atoms with Gasteiger partial charge in [-0.1, -0.05) is 0 Å². The normalized spacial score (nSPS) is 23.7. The first-order valence-electron chi connectivity index (χ1n) is 8.65. The number of amides is 1. The number of aromatic amines is 1. The van der Waals surface area contributed by atoms with Gasteiger partial charge in [0.1, 0.15) is 5.82 Å².